The lowest BCUT2D eigenvalue weighted by atomic mass is 10.2. The molecular formula is C21H23FN4. The van der Waals surface area contributed by atoms with Gasteiger partial charge >= 0.3 is 0 Å². The van der Waals surface area contributed by atoms with E-state index < -0.39 is 0 Å². The van der Waals surface area contributed by atoms with Crippen molar-refractivity contribution < 1.29 is 4.39 Å². The van der Waals surface area contributed by atoms with E-state index in [1.54, 1.807) is 12.1 Å². The van der Waals surface area contributed by atoms with Gasteiger partial charge in [-0.05, 0) is 44.5 Å². The van der Waals surface area contributed by atoms with Crippen LogP contribution >= 0.6 is 0 Å². The number of hydrogen-bond acceptors (Lipinski definition) is 4. The molecule has 134 valence electrons. The van der Waals surface area contributed by atoms with E-state index in [9.17, 15) is 4.39 Å². The highest BCUT2D eigenvalue weighted by Crippen LogP contribution is 2.26. The maximum atomic E-state index is 13.8. The zero-order valence-electron chi connectivity index (χ0n) is 15.3. The van der Waals surface area contributed by atoms with Crippen molar-refractivity contribution in [3.05, 3.63) is 77.4 Å². The van der Waals surface area contributed by atoms with Gasteiger partial charge in [-0.1, -0.05) is 30.3 Å². The van der Waals surface area contributed by atoms with Crippen molar-refractivity contribution in [2.75, 3.05) is 16.8 Å². The molecule has 0 atom stereocenters. The molecule has 1 aromatic heterocycles. The first-order valence-corrected chi connectivity index (χ1v) is 8.74. The van der Waals surface area contributed by atoms with Crippen molar-refractivity contribution >= 4 is 17.3 Å². The minimum Gasteiger partial charge on any atom is -0.366 e. The van der Waals surface area contributed by atoms with E-state index in [1.807, 2.05) is 25.1 Å². The van der Waals surface area contributed by atoms with Crippen molar-refractivity contribution in [2.24, 2.45) is 0 Å². The van der Waals surface area contributed by atoms with E-state index in [1.165, 1.54) is 11.6 Å². The second kappa shape index (κ2) is 7.95. The zero-order chi connectivity index (χ0) is 18.5. The molecular weight excluding hydrogens is 327 g/mol. The van der Waals surface area contributed by atoms with E-state index in [0.717, 1.165) is 18.1 Å². The number of nitrogens with zero attached hydrogens (tertiary/aromatic N) is 3. The van der Waals surface area contributed by atoms with Crippen LogP contribution in [0.15, 0.2) is 54.6 Å². The normalized spacial score (nSPS) is 10.6. The lowest BCUT2D eigenvalue weighted by Gasteiger charge is -2.23. The summed E-state index contributed by atoms with van der Waals surface area (Å²) in [5.41, 5.74) is 2.90. The number of halogens is 1. The average Bonchev–Trinajstić information content (AvgIpc) is 2.61. The molecule has 0 aliphatic heterocycles. The van der Waals surface area contributed by atoms with Gasteiger partial charge in [0.05, 0.1) is 0 Å². The molecule has 0 fully saturated rings. The molecule has 3 aromatic rings. The average molecular weight is 350 g/mol. The highest BCUT2D eigenvalue weighted by atomic mass is 19.1. The fourth-order valence-electron chi connectivity index (χ4n) is 2.88. The van der Waals surface area contributed by atoms with E-state index in [-0.39, 0.29) is 5.82 Å². The smallest absolute Gasteiger partial charge is 0.138 e. The Morgan fingerprint density at radius 3 is 2.54 bits per heavy atom. The fraction of sp³-hybridized carbons (Fsp3) is 0.238. The fourth-order valence-corrected chi connectivity index (χ4v) is 2.88. The molecule has 0 saturated carbocycles. The SMILES string of the molecule is CCN(c1cccc(C)c1)c1cc(NCc2ccccc2F)nc(C)n1. The van der Waals surface area contributed by atoms with Gasteiger partial charge in [0.1, 0.15) is 23.3 Å². The molecule has 0 aliphatic rings. The van der Waals surface area contributed by atoms with Gasteiger partial charge < -0.3 is 10.2 Å². The van der Waals surface area contributed by atoms with Crippen LogP contribution in [0, 0.1) is 19.7 Å². The summed E-state index contributed by atoms with van der Waals surface area (Å²) in [6.45, 7) is 7.18. The van der Waals surface area contributed by atoms with Crippen molar-refractivity contribution in [2.45, 2.75) is 27.3 Å². The second-order valence-corrected chi connectivity index (χ2v) is 6.19. The molecule has 1 N–H and O–H groups in total. The number of rotatable bonds is 6. The van der Waals surface area contributed by atoms with E-state index >= 15 is 0 Å². The van der Waals surface area contributed by atoms with Gasteiger partial charge in [-0.25, -0.2) is 14.4 Å². The molecule has 0 amide bonds. The summed E-state index contributed by atoms with van der Waals surface area (Å²) in [4.78, 5) is 11.2. The summed E-state index contributed by atoms with van der Waals surface area (Å²) in [6, 6.07) is 17.0. The quantitative estimate of drug-likeness (QED) is 0.679. The highest BCUT2D eigenvalue weighted by Gasteiger charge is 2.12. The first-order valence-electron chi connectivity index (χ1n) is 8.74. The Morgan fingerprint density at radius 2 is 1.81 bits per heavy atom. The standard InChI is InChI=1S/C21H23FN4/c1-4-26(18-10-7-8-15(2)12-18)21-13-20(24-16(3)25-21)23-14-17-9-5-6-11-19(17)22/h5-13H,4,14H2,1-3H3,(H,23,24,25). The molecule has 0 radical (unpaired) electrons. The van der Waals surface area contributed by atoms with Crippen molar-refractivity contribution in [3.63, 3.8) is 0 Å². The number of aromatic nitrogens is 2. The summed E-state index contributed by atoms with van der Waals surface area (Å²) >= 11 is 0. The number of aryl methyl sites for hydroxylation is 2. The highest BCUT2D eigenvalue weighted by molar-refractivity contribution is 5.63. The Bertz CT molecular complexity index is 895. The molecule has 0 aliphatic carbocycles. The molecule has 0 spiro atoms. The predicted octanol–water partition coefficient (Wildman–Crippen LogP) is 5.00. The molecule has 26 heavy (non-hydrogen) atoms. The molecule has 0 bridgehead atoms. The summed E-state index contributed by atoms with van der Waals surface area (Å²) in [5, 5.41) is 3.21. The van der Waals surface area contributed by atoms with Gasteiger partial charge in [-0.2, -0.15) is 0 Å². The molecule has 4 nitrogen and oxygen atoms in total. The maximum absolute atomic E-state index is 13.8. The van der Waals surface area contributed by atoms with Gasteiger partial charge in [0.2, 0.25) is 0 Å². The lowest BCUT2D eigenvalue weighted by Crippen LogP contribution is -2.18. The van der Waals surface area contributed by atoms with Gasteiger partial charge in [0.15, 0.2) is 0 Å². The van der Waals surface area contributed by atoms with E-state index in [0.29, 0.717) is 23.8 Å². The van der Waals surface area contributed by atoms with Crippen LogP contribution in [0.2, 0.25) is 0 Å². The van der Waals surface area contributed by atoms with Crippen LogP contribution < -0.4 is 10.2 Å². The topological polar surface area (TPSA) is 41.0 Å². The monoisotopic (exact) mass is 350 g/mol. The van der Waals surface area contributed by atoms with Crippen LogP contribution in [0.4, 0.5) is 21.7 Å². The van der Waals surface area contributed by atoms with Crippen molar-refractivity contribution in [3.8, 4) is 0 Å². The first kappa shape index (κ1) is 17.9. The van der Waals surface area contributed by atoms with Gasteiger partial charge in [-0.15, -0.1) is 0 Å². The Morgan fingerprint density at radius 1 is 1.00 bits per heavy atom. The molecule has 1 heterocycles. The Hall–Kier alpha value is -2.95. The number of hydrogen-bond donors (Lipinski definition) is 1. The summed E-state index contributed by atoms with van der Waals surface area (Å²) in [5.74, 6) is 1.95. The van der Waals surface area contributed by atoms with Crippen LogP contribution in [-0.2, 0) is 6.54 Å². The van der Waals surface area contributed by atoms with Crippen LogP contribution in [0.1, 0.15) is 23.9 Å². The van der Waals surface area contributed by atoms with Crippen molar-refractivity contribution in [1.29, 1.82) is 0 Å². The number of anilines is 3. The third kappa shape index (κ3) is 4.17. The van der Waals surface area contributed by atoms with Crippen LogP contribution in [0.3, 0.4) is 0 Å². The Balaban J connectivity index is 1.85. The zero-order valence-corrected chi connectivity index (χ0v) is 15.3. The largest absolute Gasteiger partial charge is 0.366 e. The minimum absolute atomic E-state index is 0.221. The van der Waals surface area contributed by atoms with Crippen LogP contribution in [0.5, 0.6) is 0 Å². The van der Waals surface area contributed by atoms with Crippen LogP contribution in [-0.4, -0.2) is 16.5 Å². The summed E-state index contributed by atoms with van der Waals surface area (Å²) in [7, 11) is 0. The van der Waals surface area contributed by atoms with Gasteiger partial charge in [0.25, 0.3) is 0 Å². The minimum atomic E-state index is -0.221. The third-order valence-electron chi connectivity index (χ3n) is 4.15. The van der Waals surface area contributed by atoms with Gasteiger partial charge in [-0.3, -0.25) is 0 Å². The second-order valence-electron chi connectivity index (χ2n) is 6.19. The number of nitrogens with one attached hydrogen (secondary N) is 1. The molecule has 3 rings (SSSR count). The molecule has 5 heteroatoms. The molecule has 2 aromatic carbocycles. The Labute approximate surface area is 153 Å². The number of benzene rings is 2. The third-order valence-corrected chi connectivity index (χ3v) is 4.15. The Kier molecular flexibility index (Phi) is 5.46. The van der Waals surface area contributed by atoms with E-state index in [4.69, 9.17) is 0 Å². The van der Waals surface area contributed by atoms with Crippen LogP contribution in [0.25, 0.3) is 0 Å². The van der Waals surface area contributed by atoms with Gasteiger partial charge in [0, 0.05) is 30.4 Å². The van der Waals surface area contributed by atoms with Crippen molar-refractivity contribution in [1.82, 2.24) is 9.97 Å². The maximum Gasteiger partial charge on any atom is 0.138 e. The summed E-state index contributed by atoms with van der Waals surface area (Å²) < 4.78 is 13.8. The summed E-state index contributed by atoms with van der Waals surface area (Å²) in [6.07, 6.45) is 0. The molecule has 0 unspecified atom stereocenters. The predicted molar refractivity (Wildman–Crippen MR) is 104 cm³/mol. The first-order chi connectivity index (χ1) is 12.6. The van der Waals surface area contributed by atoms with E-state index in [2.05, 4.69) is 52.2 Å². The molecule has 0 saturated heterocycles. The lowest BCUT2D eigenvalue weighted by molar-refractivity contribution is 0.613.